The van der Waals surface area contributed by atoms with Crippen molar-refractivity contribution in [3.05, 3.63) is 46.2 Å². The molecule has 7 heteroatoms. The minimum Gasteiger partial charge on any atom is -0.379 e. The molecule has 0 aliphatic carbocycles. The van der Waals surface area contributed by atoms with Gasteiger partial charge in [-0.25, -0.2) is 4.98 Å². The van der Waals surface area contributed by atoms with E-state index in [1.54, 1.807) is 11.3 Å². The maximum absolute atomic E-state index is 12.6. The van der Waals surface area contributed by atoms with Crippen LogP contribution in [0.25, 0.3) is 20.7 Å². The number of aryl methyl sites for hydroxylation is 1. The van der Waals surface area contributed by atoms with Crippen LogP contribution in [0.5, 0.6) is 0 Å². The number of H-pyrrole nitrogens is 1. The fourth-order valence-corrected chi connectivity index (χ4v) is 4.44. The normalized spacial score (nSPS) is 15.4. The number of ether oxygens (including phenoxy) is 1. The van der Waals surface area contributed by atoms with E-state index < -0.39 is 0 Å². The summed E-state index contributed by atoms with van der Waals surface area (Å²) in [5.41, 5.74) is 2.03. The molecule has 4 rings (SSSR count). The molecule has 1 aliphatic heterocycles. The molecule has 0 spiro atoms. The van der Waals surface area contributed by atoms with Crippen molar-refractivity contribution in [3.8, 4) is 10.4 Å². The van der Waals surface area contributed by atoms with Gasteiger partial charge in [-0.1, -0.05) is 30.3 Å². The molecule has 3 aromatic rings. The number of morpholine rings is 1. The summed E-state index contributed by atoms with van der Waals surface area (Å²) in [4.78, 5) is 24.3. The van der Waals surface area contributed by atoms with E-state index in [-0.39, 0.29) is 5.56 Å². The van der Waals surface area contributed by atoms with E-state index in [4.69, 9.17) is 4.74 Å². The summed E-state index contributed by atoms with van der Waals surface area (Å²) in [5, 5.41) is 3.94. The fourth-order valence-electron chi connectivity index (χ4n) is 3.25. The van der Waals surface area contributed by atoms with Gasteiger partial charge in [0.05, 0.1) is 18.6 Å². The van der Waals surface area contributed by atoms with Crippen molar-refractivity contribution < 1.29 is 4.74 Å². The predicted molar refractivity (Wildman–Crippen MR) is 106 cm³/mol. The lowest BCUT2D eigenvalue weighted by molar-refractivity contribution is 0.0398. The number of rotatable bonds is 5. The predicted octanol–water partition coefficient (Wildman–Crippen LogP) is 2.70. The molecule has 0 unspecified atom stereocenters. The van der Waals surface area contributed by atoms with Crippen LogP contribution < -0.4 is 10.9 Å². The molecule has 0 radical (unpaired) electrons. The lowest BCUT2D eigenvalue weighted by atomic mass is 10.1. The van der Waals surface area contributed by atoms with Gasteiger partial charge in [0.2, 0.25) is 5.95 Å². The van der Waals surface area contributed by atoms with Crippen LogP contribution >= 0.6 is 11.3 Å². The van der Waals surface area contributed by atoms with Crippen LogP contribution in [-0.4, -0.2) is 54.3 Å². The molecule has 0 saturated carbocycles. The Bertz CT molecular complexity index is 945. The second kappa shape index (κ2) is 7.57. The number of nitrogens with one attached hydrogen (secondary N) is 2. The highest BCUT2D eigenvalue weighted by Gasteiger charge is 2.15. The van der Waals surface area contributed by atoms with Gasteiger partial charge in [0.1, 0.15) is 4.83 Å². The van der Waals surface area contributed by atoms with Gasteiger partial charge in [-0.05, 0) is 18.1 Å². The maximum Gasteiger partial charge on any atom is 0.261 e. The molecule has 3 heterocycles. The minimum absolute atomic E-state index is 0.0835. The highest BCUT2D eigenvalue weighted by Crippen LogP contribution is 2.35. The van der Waals surface area contributed by atoms with E-state index in [0.717, 1.165) is 60.2 Å². The Morgan fingerprint density at radius 2 is 2.04 bits per heavy atom. The van der Waals surface area contributed by atoms with Gasteiger partial charge >= 0.3 is 0 Å². The lowest BCUT2D eigenvalue weighted by Crippen LogP contribution is -2.39. The monoisotopic (exact) mass is 370 g/mol. The topological polar surface area (TPSA) is 70.2 Å². The molecule has 26 heavy (non-hydrogen) atoms. The summed E-state index contributed by atoms with van der Waals surface area (Å²) in [7, 11) is 0. The summed E-state index contributed by atoms with van der Waals surface area (Å²) in [6.07, 6.45) is 0. The third-order valence-electron chi connectivity index (χ3n) is 4.66. The van der Waals surface area contributed by atoms with Crippen molar-refractivity contribution in [2.24, 2.45) is 0 Å². The average Bonchev–Trinajstić information content (AvgIpc) is 3.00. The molecule has 2 aromatic heterocycles. The standard InChI is InChI=1S/C19H22N4O2S/c1-13-15-17(24)21-19(20-7-8-23-9-11-25-12-10-23)22-18(15)26-16(13)14-5-3-2-4-6-14/h2-6H,7-12H2,1H3,(H2,20,21,22,24). The second-order valence-corrected chi connectivity index (χ2v) is 7.40. The average molecular weight is 370 g/mol. The summed E-state index contributed by atoms with van der Waals surface area (Å²) in [6, 6.07) is 10.1. The molecular formula is C19H22N4O2S. The molecular weight excluding hydrogens is 348 g/mol. The lowest BCUT2D eigenvalue weighted by Gasteiger charge is -2.26. The Hall–Kier alpha value is -2.22. The Morgan fingerprint density at radius 1 is 1.27 bits per heavy atom. The van der Waals surface area contributed by atoms with Crippen LogP contribution in [0.2, 0.25) is 0 Å². The van der Waals surface area contributed by atoms with E-state index in [1.165, 1.54) is 0 Å². The smallest absolute Gasteiger partial charge is 0.261 e. The Labute approximate surface area is 155 Å². The number of benzene rings is 1. The van der Waals surface area contributed by atoms with E-state index in [2.05, 4.69) is 32.3 Å². The molecule has 1 aliphatic rings. The largest absolute Gasteiger partial charge is 0.379 e. The van der Waals surface area contributed by atoms with Gasteiger partial charge in [0.25, 0.3) is 5.56 Å². The SMILES string of the molecule is Cc1c(-c2ccccc2)sc2nc(NCCN3CCOCC3)[nH]c(=O)c12. The number of aromatic nitrogens is 2. The number of hydrogen-bond donors (Lipinski definition) is 2. The summed E-state index contributed by atoms with van der Waals surface area (Å²) in [5.74, 6) is 0.539. The van der Waals surface area contributed by atoms with Crippen LogP contribution in [0.4, 0.5) is 5.95 Å². The number of nitrogens with zero attached hydrogens (tertiary/aromatic N) is 2. The van der Waals surface area contributed by atoms with Gasteiger partial charge in [-0.15, -0.1) is 11.3 Å². The molecule has 1 saturated heterocycles. The number of fused-ring (bicyclic) bond motifs is 1. The molecule has 0 bridgehead atoms. The van der Waals surface area contributed by atoms with E-state index in [9.17, 15) is 4.79 Å². The molecule has 2 N–H and O–H groups in total. The quantitative estimate of drug-likeness (QED) is 0.723. The number of thiophene rings is 1. The minimum atomic E-state index is -0.0835. The first-order chi connectivity index (χ1) is 12.7. The third-order valence-corrected chi connectivity index (χ3v) is 5.90. The Balaban J connectivity index is 1.55. The summed E-state index contributed by atoms with van der Waals surface area (Å²) in [6.45, 7) is 7.12. The molecule has 6 nitrogen and oxygen atoms in total. The molecule has 136 valence electrons. The Morgan fingerprint density at radius 3 is 2.81 bits per heavy atom. The number of anilines is 1. The molecule has 1 aromatic carbocycles. The molecule has 0 atom stereocenters. The van der Waals surface area contributed by atoms with E-state index in [1.807, 2.05) is 25.1 Å². The van der Waals surface area contributed by atoms with Gasteiger partial charge in [0, 0.05) is 31.1 Å². The maximum atomic E-state index is 12.6. The van der Waals surface area contributed by atoms with Gasteiger partial charge in [0.15, 0.2) is 0 Å². The summed E-state index contributed by atoms with van der Waals surface area (Å²) >= 11 is 1.57. The zero-order valence-electron chi connectivity index (χ0n) is 14.7. The zero-order chi connectivity index (χ0) is 17.9. The second-order valence-electron chi connectivity index (χ2n) is 6.40. The van der Waals surface area contributed by atoms with Gasteiger partial charge in [-0.2, -0.15) is 0 Å². The van der Waals surface area contributed by atoms with Crippen molar-refractivity contribution in [1.82, 2.24) is 14.9 Å². The third kappa shape index (κ3) is 3.51. The van der Waals surface area contributed by atoms with E-state index in [0.29, 0.717) is 11.3 Å². The van der Waals surface area contributed by atoms with Crippen LogP contribution in [0.3, 0.4) is 0 Å². The first-order valence-electron chi connectivity index (χ1n) is 8.85. The van der Waals surface area contributed by atoms with Crippen molar-refractivity contribution in [2.75, 3.05) is 44.7 Å². The fraction of sp³-hybridized carbons (Fsp3) is 0.368. The van der Waals surface area contributed by atoms with Crippen LogP contribution in [-0.2, 0) is 4.74 Å². The first kappa shape index (κ1) is 17.2. The van der Waals surface area contributed by atoms with Gasteiger partial charge in [-0.3, -0.25) is 14.7 Å². The number of hydrogen-bond acceptors (Lipinski definition) is 6. The highest BCUT2D eigenvalue weighted by molar-refractivity contribution is 7.22. The molecule has 1 fully saturated rings. The number of aromatic amines is 1. The summed E-state index contributed by atoms with van der Waals surface area (Å²) < 4.78 is 5.36. The van der Waals surface area contributed by atoms with Crippen molar-refractivity contribution in [2.45, 2.75) is 6.92 Å². The zero-order valence-corrected chi connectivity index (χ0v) is 15.6. The van der Waals surface area contributed by atoms with E-state index >= 15 is 0 Å². The van der Waals surface area contributed by atoms with Crippen LogP contribution in [0, 0.1) is 6.92 Å². The van der Waals surface area contributed by atoms with Crippen molar-refractivity contribution in [1.29, 1.82) is 0 Å². The van der Waals surface area contributed by atoms with Crippen LogP contribution in [0.15, 0.2) is 35.1 Å². The van der Waals surface area contributed by atoms with Crippen LogP contribution in [0.1, 0.15) is 5.56 Å². The highest BCUT2D eigenvalue weighted by atomic mass is 32.1. The van der Waals surface area contributed by atoms with Crippen molar-refractivity contribution in [3.63, 3.8) is 0 Å². The Kier molecular flexibility index (Phi) is 5.01. The first-order valence-corrected chi connectivity index (χ1v) is 9.67. The van der Waals surface area contributed by atoms with Gasteiger partial charge < -0.3 is 10.1 Å². The molecule has 0 amide bonds. The van der Waals surface area contributed by atoms with Crippen molar-refractivity contribution >= 4 is 27.5 Å².